The summed E-state index contributed by atoms with van der Waals surface area (Å²) in [7, 11) is -3.26. The van der Waals surface area contributed by atoms with Crippen molar-refractivity contribution < 1.29 is 9.16 Å². The van der Waals surface area contributed by atoms with Gasteiger partial charge in [0.15, 0.2) is 14.4 Å². The van der Waals surface area contributed by atoms with Gasteiger partial charge in [0, 0.05) is 11.1 Å². The summed E-state index contributed by atoms with van der Waals surface area (Å²) in [6.07, 6.45) is 1.05. The smallest absolute Gasteiger partial charge is 0.193 e. The molecule has 1 aromatic rings. The second-order valence-electron chi connectivity index (χ2n) is 9.14. The Labute approximate surface area is 168 Å². The van der Waals surface area contributed by atoms with E-state index in [2.05, 4.69) is 83.4 Å². The summed E-state index contributed by atoms with van der Waals surface area (Å²) < 4.78 is 11.8. The molecule has 0 aromatic heterocycles. The number of ether oxygens (including phenoxy) is 1. The fraction of sp³-hybridized carbons (Fsp3) is 0.478. The van der Waals surface area contributed by atoms with Crippen molar-refractivity contribution in [3.05, 3.63) is 48.2 Å². The Hall–Kier alpha value is -1.73. The van der Waals surface area contributed by atoms with Gasteiger partial charge in [-0.05, 0) is 24.2 Å². The minimum atomic E-state index is -1.80. The fourth-order valence-electron chi connectivity index (χ4n) is 1.94. The van der Waals surface area contributed by atoms with Crippen LogP contribution in [-0.2, 0) is 9.16 Å². The zero-order valence-electron chi connectivity index (χ0n) is 18.2. The first-order valence-corrected chi connectivity index (χ1v) is 15.8. The predicted molar refractivity (Wildman–Crippen MR) is 122 cm³/mol. The maximum atomic E-state index is 6.14. The molecule has 0 aliphatic carbocycles. The Balaban J connectivity index is 3.05. The molecule has 0 aliphatic rings. The second kappa shape index (κ2) is 9.46. The first-order valence-electron chi connectivity index (χ1n) is 9.38. The SMILES string of the molecule is C=COC(C#CCO[Si](C)(C)C(C)(C)C)c1ccccc1C#C[Si](C)(C)C. The summed E-state index contributed by atoms with van der Waals surface area (Å²) in [5, 5.41) is 0.171. The van der Waals surface area contributed by atoms with Crippen LogP contribution < -0.4 is 0 Å². The van der Waals surface area contributed by atoms with Crippen LogP contribution in [0.15, 0.2) is 37.1 Å². The van der Waals surface area contributed by atoms with Crippen molar-refractivity contribution in [2.75, 3.05) is 6.61 Å². The average Bonchev–Trinajstić information content (AvgIpc) is 2.54. The van der Waals surface area contributed by atoms with Crippen LogP contribution in [0.3, 0.4) is 0 Å². The third-order valence-electron chi connectivity index (χ3n) is 4.59. The average molecular weight is 399 g/mol. The molecule has 0 aliphatic heterocycles. The van der Waals surface area contributed by atoms with Crippen molar-refractivity contribution in [3.63, 3.8) is 0 Å². The van der Waals surface area contributed by atoms with Crippen molar-refractivity contribution in [3.8, 4) is 23.3 Å². The molecular formula is C23H34O2Si2. The molecule has 0 spiro atoms. The summed E-state index contributed by atoms with van der Waals surface area (Å²) in [5.41, 5.74) is 5.36. The van der Waals surface area contributed by atoms with Gasteiger partial charge < -0.3 is 9.16 Å². The lowest BCUT2D eigenvalue weighted by Crippen LogP contribution is -2.40. The maximum Gasteiger partial charge on any atom is 0.193 e. The highest BCUT2D eigenvalue weighted by Crippen LogP contribution is 2.36. The summed E-state index contributed by atoms with van der Waals surface area (Å²) >= 11 is 0. The van der Waals surface area contributed by atoms with Crippen molar-refractivity contribution in [1.82, 2.24) is 0 Å². The lowest BCUT2D eigenvalue weighted by Gasteiger charge is -2.35. The van der Waals surface area contributed by atoms with E-state index < -0.39 is 22.5 Å². The molecule has 1 aromatic carbocycles. The van der Waals surface area contributed by atoms with Crippen molar-refractivity contribution >= 4 is 16.4 Å². The largest absolute Gasteiger partial charge is 0.481 e. The van der Waals surface area contributed by atoms with Crippen LogP contribution in [0.25, 0.3) is 0 Å². The number of hydrogen-bond donors (Lipinski definition) is 0. The van der Waals surface area contributed by atoms with Gasteiger partial charge in [0.05, 0.1) is 12.9 Å². The predicted octanol–water partition coefficient (Wildman–Crippen LogP) is 6.14. The Morgan fingerprint density at radius 3 is 2.30 bits per heavy atom. The third kappa shape index (κ3) is 7.81. The van der Waals surface area contributed by atoms with Crippen LogP contribution in [0.4, 0.5) is 0 Å². The molecule has 1 rings (SSSR count). The normalized spacial score (nSPS) is 12.9. The molecule has 0 radical (unpaired) electrons. The highest BCUT2D eigenvalue weighted by molar-refractivity contribution is 6.83. The molecule has 0 heterocycles. The van der Waals surface area contributed by atoms with Crippen molar-refractivity contribution in [2.45, 2.75) is 64.6 Å². The van der Waals surface area contributed by atoms with Crippen molar-refractivity contribution in [1.29, 1.82) is 0 Å². The highest BCUT2D eigenvalue weighted by atomic mass is 28.4. The molecule has 0 N–H and O–H groups in total. The van der Waals surface area contributed by atoms with E-state index in [9.17, 15) is 0 Å². The van der Waals surface area contributed by atoms with Gasteiger partial charge in [-0.15, -0.1) is 5.54 Å². The molecule has 0 amide bonds. The first-order chi connectivity index (χ1) is 12.4. The summed E-state index contributed by atoms with van der Waals surface area (Å²) in [6, 6.07) is 8.03. The molecule has 1 unspecified atom stereocenters. The van der Waals surface area contributed by atoms with E-state index >= 15 is 0 Å². The van der Waals surface area contributed by atoms with E-state index in [1.807, 2.05) is 24.3 Å². The zero-order chi connectivity index (χ0) is 20.7. The van der Waals surface area contributed by atoms with Gasteiger partial charge >= 0.3 is 0 Å². The molecule has 27 heavy (non-hydrogen) atoms. The summed E-state index contributed by atoms with van der Waals surface area (Å²) in [5.74, 6) is 9.67. The van der Waals surface area contributed by atoms with E-state index in [1.54, 1.807) is 0 Å². The van der Waals surface area contributed by atoms with E-state index in [-0.39, 0.29) is 5.04 Å². The van der Waals surface area contributed by atoms with E-state index in [0.717, 1.165) is 11.1 Å². The Kier molecular flexibility index (Phi) is 8.17. The van der Waals surface area contributed by atoms with Crippen LogP contribution >= 0.6 is 0 Å². The Bertz CT molecular complexity index is 760. The first kappa shape index (κ1) is 23.3. The zero-order valence-corrected chi connectivity index (χ0v) is 20.2. The molecule has 4 heteroatoms. The second-order valence-corrected chi connectivity index (χ2v) is 18.7. The Morgan fingerprint density at radius 2 is 1.74 bits per heavy atom. The molecule has 0 fully saturated rings. The van der Waals surface area contributed by atoms with Gasteiger partial charge in [0.25, 0.3) is 0 Å². The monoisotopic (exact) mass is 398 g/mol. The van der Waals surface area contributed by atoms with Crippen molar-refractivity contribution in [2.24, 2.45) is 0 Å². The lowest BCUT2D eigenvalue weighted by atomic mass is 10.0. The number of benzene rings is 1. The van der Waals surface area contributed by atoms with Crippen LogP contribution in [0, 0.1) is 23.3 Å². The molecule has 0 saturated carbocycles. The molecule has 2 nitrogen and oxygen atoms in total. The van der Waals surface area contributed by atoms with Gasteiger partial charge in [-0.25, -0.2) is 0 Å². The van der Waals surface area contributed by atoms with Crippen LogP contribution in [0.2, 0.25) is 37.8 Å². The number of hydrogen-bond acceptors (Lipinski definition) is 2. The maximum absolute atomic E-state index is 6.14. The molecule has 146 valence electrons. The lowest BCUT2D eigenvalue weighted by molar-refractivity contribution is 0.199. The standard InChI is InChI=1S/C23H34O2Si2/c1-10-24-22(16-13-18-25-27(8,9)23(2,3)4)21-15-12-11-14-20(21)17-19-26(5,6)7/h10-12,14-15,22H,1,18H2,2-9H3. The summed E-state index contributed by atoms with van der Waals surface area (Å²) in [6.45, 7) is 22.0. The highest BCUT2D eigenvalue weighted by Gasteiger charge is 2.36. The van der Waals surface area contributed by atoms with Gasteiger partial charge in [0.1, 0.15) is 8.07 Å². The van der Waals surface area contributed by atoms with Crippen LogP contribution in [0.1, 0.15) is 38.0 Å². The topological polar surface area (TPSA) is 18.5 Å². The van der Waals surface area contributed by atoms with Gasteiger partial charge in [-0.2, -0.15) is 0 Å². The Morgan fingerprint density at radius 1 is 1.11 bits per heavy atom. The molecule has 0 bridgehead atoms. The van der Waals surface area contributed by atoms with Crippen LogP contribution in [0.5, 0.6) is 0 Å². The minimum absolute atomic E-state index is 0.171. The van der Waals surface area contributed by atoms with Gasteiger partial charge in [-0.3, -0.25) is 0 Å². The molecule has 0 saturated heterocycles. The summed E-state index contributed by atoms with van der Waals surface area (Å²) in [4.78, 5) is 0. The van der Waals surface area contributed by atoms with E-state index in [4.69, 9.17) is 9.16 Å². The third-order valence-corrected chi connectivity index (χ3v) is 9.95. The van der Waals surface area contributed by atoms with E-state index in [1.165, 1.54) is 6.26 Å². The van der Waals surface area contributed by atoms with E-state index in [0.29, 0.717) is 6.61 Å². The van der Waals surface area contributed by atoms with Crippen LogP contribution in [-0.4, -0.2) is 23.0 Å². The minimum Gasteiger partial charge on any atom is -0.481 e. The molecule has 1 atom stereocenters. The quantitative estimate of drug-likeness (QED) is 0.337. The van der Waals surface area contributed by atoms with Gasteiger partial charge in [-0.1, -0.05) is 83.0 Å². The molecular weight excluding hydrogens is 364 g/mol. The van der Waals surface area contributed by atoms with Gasteiger partial charge in [0.2, 0.25) is 0 Å². The number of rotatable bonds is 5. The fourth-order valence-corrected chi connectivity index (χ4v) is 3.32.